The van der Waals surface area contributed by atoms with E-state index < -0.39 is 7.12 Å². The zero-order valence-electron chi connectivity index (χ0n) is 20.4. The van der Waals surface area contributed by atoms with E-state index in [4.69, 9.17) is 20.7 Å². The van der Waals surface area contributed by atoms with Crippen LogP contribution in [-0.4, -0.2) is 17.1 Å². The number of benzene rings is 2. The molecule has 2 aromatic heterocycles. The molecule has 2 N–H and O–H groups in total. The molecule has 0 radical (unpaired) electrons. The van der Waals surface area contributed by atoms with Crippen molar-refractivity contribution in [3.8, 4) is 11.3 Å². The number of nitrogens with zero attached hydrogens (tertiary/aromatic N) is 1. The van der Waals surface area contributed by atoms with Crippen LogP contribution in [0.3, 0.4) is 0 Å². The second kappa shape index (κ2) is 8.77. The Labute approximate surface area is 214 Å². The average molecular weight is 501 g/mol. The highest BCUT2D eigenvalue weighted by atomic mass is 35.5. The van der Waals surface area contributed by atoms with Gasteiger partial charge in [-0.2, -0.15) is 0 Å². The quantitative estimate of drug-likeness (QED) is 0.282. The van der Waals surface area contributed by atoms with E-state index in [1.165, 1.54) is 0 Å². The van der Waals surface area contributed by atoms with Gasteiger partial charge in [-0.3, -0.25) is 4.79 Å². The molecule has 0 saturated heterocycles. The van der Waals surface area contributed by atoms with Gasteiger partial charge in [0.1, 0.15) is 16.5 Å². The molecule has 1 aliphatic heterocycles. The van der Waals surface area contributed by atoms with Crippen LogP contribution >= 0.6 is 11.6 Å². The van der Waals surface area contributed by atoms with E-state index in [-0.39, 0.29) is 11.5 Å². The Morgan fingerprint density at radius 2 is 1.97 bits per heavy atom. The highest BCUT2D eigenvalue weighted by molar-refractivity contribution is 6.61. The smallest absolute Gasteiger partial charge is 0.460 e. The normalized spacial score (nSPS) is 15.9. The second-order valence-electron chi connectivity index (χ2n) is 9.90. The van der Waals surface area contributed by atoms with Crippen LogP contribution in [0.25, 0.3) is 22.2 Å². The molecular formula is C28H26BClN2O4. The van der Waals surface area contributed by atoms with E-state index in [0.29, 0.717) is 39.9 Å². The predicted molar refractivity (Wildman–Crippen MR) is 143 cm³/mol. The molecule has 0 bridgehead atoms. The molecule has 0 unspecified atom stereocenters. The first-order chi connectivity index (χ1) is 17.3. The van der Waals surface area contributed by atoms with Crippen molar-refractivity contribution in [3.05, 3.63) is 85.9 Å². The maximum Gasteiger partial charge on any atom is 0.491 e. The number of nitrogens with one attached hydrogen (secondary N) is 1. The number of anilines is 1. The van der Waals surface area contributed by atoms with E-state index in [1.54, 1.807) is 6.07 Å². The number of hydrogen-bond acceptors (Lipinski definition) is 6. The first-order valence-electron chi connectivity index (χ1n) is 12.2. The summed E-state index contributed by atoms with van der Waals surface area (Å²) in [7, 11) is -0.944. The molecule has 36 heavy (non-hydrogen) atoms. The topological polar surface area (TPSA) is 84.6 Å². The van der Waals surface area contributed by atoms with Crippen LogP contribution < -0.4 is 16.2 Å². The fraction of sp³-hybridized carbons (Fsp3) is 0.286. The number of hydrogen-bond donors (Lipinski definition) is 2. The molecule has 2 aromatic carbocycles. The molecular weight excluding hydrogens is 475 g/mol. The monoisotopic (exact) mass is 500 g/mol. The average Bonchev–Trinajstić information content (AvgIpc) is 3.64. The van der Waals surface area contributed by atoms with E-state index in [2.05, 4.69) is 16.4 Å². The first-order valence-corrected chi connectivity index (χ1v) is 12.6. The lowest BCUT2D eigenvalue weighted by atomic mass is 9.78. The molecule has 1 aliphatic carbocycles. The zero-order valence-corrected chi connectivity index (χ0v) is 21.1. The number of aromatic nitrogens is 1. The Balaban J connectivity index is 1.43. The maximum atomic E-state index is 13.2. The van der Waals surface area contributed by atoms with Gasteiger partial charge in [0.25, 0.3) is 0 Å². The highest BCUT2D eigenvalue weighted by Gasteiger charge is 2.31. The van der Waals surface area contributed by atoms with Crippen LogP contribution in [0.1, 0.15) is 59.7 Å². The fourth-order valence-electron chi connectivity index (χ4n) is 5.09. The number of rotatable bonds is 5. The van der Waals surface area contributed by atoms with Crippen LogP contribution in [0.5, 0.6) is 0 Å². The summed E-state index contributed by atoms with van der Waals surface area (Å²) in [5, 5.41) is 14.7. The zero-order chi connectivity index (χ0) is 25.1. The molecule has 6 nitrogen and oxygen atoms in total. The van der Waals surface area contributed by atoms with E-state index in [1.807, 2.05) is 51.1 Å². The van der Waals surface area contributed by atoms with Gasteiger partial charge in [0.2, 0.25) is 0 Å². The summed E-state index contributed by atoms with van der Waals surface area (Å²) in [6.45, 7) is 6.29. The number of fused-ring (bicyclic) bond motifs is 2. The Morgan fingerprint density at radius 3 is 2.75 bits per heavy atom. The van der Waals surface area contributed by atoms with Crippen LogP contribution in [0.2, 0.25) is 5.15 Å². The van der Waals surface area contributed by atoms with E-state index in [0.717, 1.165) is 52.0 Å². The molecule has 0 spiro atoms. The van der Waals surface area contributed by atoms with Crippen molar-refractivity contribution < 1.29 is 14.1 Å². The summed E-state index contributed by atoms with van der Waals surface area (Å²) in [5.41, 5.74) is 7.29. The van der Waals surface area contributed by atoms with Crippen molar-refractivity contribution >= 4 is 40.8 Å². The maximum absolute atomic E-state index is 13.2. The molecule has 2 aliphatic rings. The third-order valence-electron chi connectivity index (χ3n) is 7.16. The fourth-order valence-corrected chi connectivity index (χ4v) is 5.23. The van der Waals surface area contributed by atoms with Crippen molar-refractivity contribution in [2.24, 2.45) is 0 Å². The van der Waals surface area contributed by atoms with Crippen LogP contribution in [0.15, 0.2) is 51.7 Å². The van der Waals surface area contributed by atoms with Gasteiger partial charge in [0, 0.05) is 22.6 Å². The number of aryl methyl sites for hydroxylation is 1. The summed E-state index contributed by atoms with van der Waals surface area (Å²) in [6.07, 6.45) is 2.12. The van der Waals surface area contributed by atoms with Crippen molar-refractivity contribution in [3.63, 3.8) is 0 Å². The Bertz CT molecular complexity index is 1580. The summed E-state index contributed by atoms with van der Waals surface area (Å²) in [5.74, 6) is 1.16. The largest absolute Gasteiger partial charge is 0.491 e. The Hall–Kier alpha value is -3.13. The third kappa shape index (κ3) is 4.01. The molecule has 1 atom stereocenters. The van der Waals surface area contributed by atoms with Crippen LogP contribution in [0.4, 0.5) is 5.69 Å². The molecule has 1 fully saturated rings. The first kappa shape index (κ1) is 23.3. The van der Waals surface area contributed by atoms with Gasteiger partial charge in [-0.05, 0) is 68.4 Å². The number of pyridine rings is 1. The van der Waals surface area contributed by atoms with Crippen molar-refractivity contribution in [2.75, 3.05) is 5.32 Å². The highest BCUT2D eigenvalue weighted by Crippen LogP contribution is 2.42. The third-order valence-corrected chi connectivity index (χ3v) is 7.37. The Kier molecular flexibility index (Phi) is 5.67. The van der Waals surface area contributed by atoms with Crippen molar-refractivity contribution in [1.82, 2.24) is 4.98 Å². The molecule has 0 amide bonds. The second-order valence-corrected chi connectivity index (χ2v) is 10.3. The standard InChI is InChI=1S/C28H26BClN2O4/c1-14-10-20(28-21(11-14)26(33)15(2)27(36-28)17-4-5-17)16(3)31-23-8-9-24(30)32-25(23)18-6-7-19-13-35-29(34)22(19)12-18/h6-12,16-17,31,34H,4-5,13H2,1-3H3/t16-/m0/s1. The summed E-state index contributed by atoms with van der Waals surface area (Å²) >= 11 is 6.29. The lowest BCUT2D eigenvalue weighted by Crippen LogP contribution is -2.28. The Morgan fingerprint density at radius 1 is 1.17 bits per heavy atom. The lowest BCUT2D eigenvalue weighted by Gasteiger charge is -2.20. The summed E-state index contributed by atoms with van der Waals surface area (Å²) in [6, 6.07) is 13.2. The van der Waals surface area contributed by atoms with Crippen molar-refractivity contribution in [1.29, 1.82) is 0 Å². The SMILES string of the molecule is Cc1cc([C@H](C)Nc2ccc(Cl)nc2-c2ccc3c(c2)B(O)OC3)c2oc(C3CC3)c(C)c(=O)c2c1. The van der Waals surface area contributed by atoms with Gasteiger partial charge < -0.3 is 19.4 Å². The minimum Gasteiger partial charge on any atom is -0.460 e. The van der Waals surface area contributed by atoms with Gasteiger partial charge in [0.05, 0.1) is 29.4 Å². The van der Waals surface area contributed by atoms with E-state index >= 15 is 0 Å². The summed E-state index contributed by atoms with van der Waals surface area (Å²) < 4.78 is 11.8. The van der Waals surface area contributed by atoms with Gasteiger partial charge in [-0.25, -0.2) is 4.98 Å². The lowest BCUT2D eigenvalue weighted by molar-refractivity contribution is 0.275. The minimum atomic E-state index is -0.944. The van der Waals surface area contributed by atoms with Gasteiger partial charge >= 0.3 is 7.12 Å². The van der Waals surface area contributed by atoms with Crippen LogP contribution in [-0.2, 0) is 11.3 Å². The van der Waals surface area contributed by atoms with Gasteiger partial charge in [-0.1, -0.05) is 35.9 Å². The van der Waals surface area contributed by atoms with Crippen LogP contribution in [0, 0.1) is 13.8 Å². The molecule has 6 rings (SSSR count). The summed E-state index contributed by atoms with van der Waals surface area (Å²) in [4.78, 5) is 17.8. The molecule has 182 valence electrons. The predicted octanol–water partition coefficient (Wildman–Crippen LogP) is 5.39. The van der Waals surface area contributed by atoms with Gasteiger partial charge in [-0.15, -0.1) is 0 Å². The molecule has 3 heterocycles. The molecule has 8 heteroatoms. The molecule has 1 saturated carbocycles. The number of halogens is 1. The van der Waals surface area contributed by atoms with Gasteiger partial charge in [0.15, 0.2) is 5.43 Å². The van der Waals surface area contributed by atoms with E-state index in [9.17, 15) is 9.82 Å². The minimum absolute atomic E-state index is 0.0445. The molecule has 4 aromatic rings. The van der Waals surface area contributed by atoms with Crippen molar-refractivity contribution in [2.45, 2.75) is 52.2 Å².